The van der Waals surface area contributed by atoms with Crippen molar-refractivity contribution in [2.45, 2.75) is 45.1 Å². The maximum absolute atomic E-state index is 6.10. The molecule has 0 bridgehead atoms. The molecule has 4 heteroatoms. The molecular weight excluding hydrogens is 250 g/mol. The monoisotopic (exact) mass is 269 g/mol. The van der Waals surface area contributed by atoms with E-state index >= 15 is 0 Å². The second-order valence-corrected chi connectivity index (χ2v) is 6.15. The predicted molar refractivity (Wildman–Crippen MR) is 75.0 cm³/mol. The molecule has 0 amide bonds. The SMILES string of the molecule is C=CC[C@H]1CCCC[C@H]1On1c(C)csc1=S. The number of aryl methyl sites for hydroxylation is 1. The van der Waals surface area contributed by atoms with E-state index in [1.54, 1.807) is 11.3 Å². The van der Waals surface area contributed by atoms with Gasteiger partial charge >= 0.3 is 0 Å². The third-order valence-corrected chi connectivity index (χ3v) is 4.65. The lowest BCUT2D eigenvalue weighted by Gasteiger charge is -2.31. The fourth-order valence-electron chi connectivity index (χ4n) is 2.43. The fraction of sp³-hybridized carbons (Fsp3) is 0.615. The van der Waals surface area contributed by atoms with E-state index in [0.717, 1.165) is 22.5 Å². The van der Waals surface area contributed by atoms with Crippen molar-refractivity contribution in [2.75, 3.05) is 0 Å². The summed E-state index contributed by atoms with van der Waals surface area (Å²) in [5, 5.41) is 2.05. The summed E-state index contributed by atoms with van der Waals surface area (Å²) in [4.78, 5) is 6.10. The summed E-state index contributed by atoms with van der Waals surface area (Å²) < 4.78 is 2.64. The van der Waals surface area contributed by atoms with Crippen molar-refractivity contribution in [2.24, 2.45) is 5.92 Å². The highest BCUT2D eigenvalue weighted by Gasteiger charge is 2.26. The van der Waals surface area contributed by atoms with Gasteiger partial charge in [0.05, 0.1) is 5.69 Å². The predicted octanol–water partition coefficient (Wildman–Crippen LogP) is 4.15. The molecule has 2 nitrogen and oxygen atoms in total. The number of hydrogen-bond donors (Lipinski definition) is 0. The van der Waals surface area contributed by atoms with Gasteiger partial charge in [-0.05, 0) is 44.8 Å². The molecule has 1 saturated carbocycles. The van der Waals surface area contributed by atoms with E-state index in [0.29, 0.717) is 12.0 Å². The highest BCUT2D eigenvalue weighted by molar-refractivity contribution is 7.73. The highest BCUT2D eigenvalue weighted by atomic mass is 32.1. The first-order valence-corrected chi connectivity index (χ1v) is 7.46. The minimum absolute atomic E-state index is 0.293. The summed E-state index contributed by atoms with van der Waals surface area (Å²) in [6.07, 6.45) is 8.29. The van der Waals surface area contributed by atoms with E-state index < -0.39 is 0 Å². The molecule has 17 heavy (non-hydrogen) atoms. The Kier molecular flexibility index (Phi) is 4.40. The van der Waals surface area contributed by atoms with Gasteiger partial charge in [0.25, 0.3) is 0 Å². The molecule has 1 aromatic rings. The summed E-state index contributed by atoms with van der Waals surface area (Å²) in [5.74, 6) is 0.599. The van der Waals surface area contributed by atoms with Gasteiger partial charge in [-0.15, -0.1) is 17.9 Å². The molecule has 2 atom stereocenters. The molecule has 0 radical (unpaired) electrons. The molecular formula is C13H19NOS2. The number of thiazole rings is 1. The van der Waals surface area contributed by atoms with Gasteiger partial charge in [-0.25, -0.2) is 0 Å². The molecule has 1 aliphatic rings. The second kappa shape index (κ2) is 5.83. The zero-order chi connectivity index (χ0) is 12.3. The number of hydrogen-bond acceptors (Lipinski definition) is 3. The average molecular weight is 269 g/mol. The molecule has 0 aromatic carbocycles. The molecule has 0 unspecified atom stereocenters. The number of nitrogens with zero attached hydrogens (tertiary/aromatic N) is 1. The molecule has 1 fully saturated rings. The van der Waals surface area contributed by atoms with Gasteiger partial charge in [0.15, 0.2) is 3.95 Å². The molecule has 94 valence electrons. The molecule has 1 aliphatic carbocycles. The Labute approximate surface area is 112 Å². The van der Waals surface area contributed by atoms with Crippen LogP contribution in [0.5, 0.6) is 0 Å². The van der Waals surface area contributed by atoms with Crippen molar-refractivity contribution >= 4 is 23.6 Å². The van der Waals surface area contributed by atoms with Crippen LogP contribution in [0.4, 0.5) is 0 Å². The van der Waals surface area contributed by atoms with E-state index in [1.807, 2.05) is 23.1 Å². The van der Waals surface area contributed by atoms with Crippen molar-refractivity contribution in [3.63, 3.8) is 0 Å². The molecule has 1 heterocycles. The van der Waals surface area contributed by atoms with Gasteiger partial charge in [0, 0.05) is 11.3 Å². The highest BCUT2D eigenvalue weighted by Crippen LogP contribution is 2.28. The molecule has 0 saturated heterocycles. The Morgan fingerprint density at radius 1 is 1.59 bits per heavy atom. The first-order valence-electron chi connectivity index (χ1n) is 6.17. The van der Waals surface area contributed by atoms with Crippen LogP contribution in [0.3, 0.4) is 0 Å². The average Bonchev–Trinajstić information content (AvgIpc) is 2.64. The van der Waals surface area contributed by atoms with Crippen LogP contribution in [0.25, 0.3) is 0 Å². The van der Waals surface area contributed by atoms with Gasteiger partial charge in [-0.1, -0.05) is 12.5 Å². The van der Waals surface area contributed by atoms with Crippen LogP contribution in [-0.4, -0.2) is 10.8 Å². The lowest BCUT2D eigenvalue weighted by Crippen LogP contribution is -2.35. The quantitative estimate of drug-likeness (QED) is 0.602. The van der Waals surface area contributed by atoms with E-state index in [1.165, 1.54) is 19.3 Å². The van der Waals surface area contributed by atoms with Crippen molar-refractivity contribution in [1.29, 1.82) is 0 Å². The molecule has 2 rings (SSSR count). The normalized spacial score (nSPS) is 24.5. The van der Waals surface area contributed by atoms with Gasteiger partial charge in [-0.3, -0.25) is 0 Å². The summed E-state index contributed by atoms with van der Waals surface area (Å²) in [5.41, 5.74) is 1.10. The zero-order valence-electron chi connectivity index (χ0n) is 10.2. The van der Waals surface area contributed by atoms with Crippen molar-refractivity contribution < 1.29 is 4.84 Å². The number of allylic oxidation sites excluding steroid dienone is 1. The standard InChI is InChI=1S/C13H19NOS2/c1-3-6-11-7-4-5-8-12(11)15-14-10(2)9-17-13(14)16/h3,9,11-12H,1,4-8H2,2H3/t11-,12+/m0/s1. The lowest BCUT2D eigenvalue weighted by molar-refractivity contribution is -0.0229. The Hall–Kier alpha value is -0.610. The third kappa shape index (κ3) is 2.99. The maximum atomic E-state index is 6.10. The molecule has 0 N–H and O–H groups in total. The summed E-state index contributed by atoms with van der Waals surface area (Å²) in [7, 11) is 0. The summed E-state index contributed by atoms with van der Waals surface area (Å²) in [6, 6.07) is 0. The largest absolute Gasteiger partial charge is 0.408 e. The van der Waals surface area contributed by atoms with Gasteiger partial charge in [0.1, 0.15) is 6.10 Å². The molecule has 0 aliphatic heterocycles. The lowest BCUT2D eigenvalue weighted by atomic mass is 9.84. The minimum Gasteiger partial charge on any atom is -0.408 e. The topological polar surface area (TPSA) is 14.2 Å². The second-order valence-electron chi connectivity index (χ2n) is 4.65. The summed E-state index contributed by atoms with van der Waals surface area (Å²) >= 11 is 6.85. The van der Waals surface area contributed by atoms with Gasteiger partial charge in [-0.2, -0.15) is 4.73 Å². The van der Waals surface area contributed by atoms with Gasteiger partial charge < -0.3 is 4.84 Å². The van der Waals surface area contributed by atoms with E-state index in [-0.39, 0.29) is 0 Å². The maximum Gasteiger partial charge on any atom is 0.196 e. The first-order chi connectivity index (χ1) is 8.22. The molecule has 0 spiro atoms. The minimum atomic E-state index is 0.293. The smallest absolute Gasteiger partial charge is 0.196 e. The van der Waals surface area contributed by atoms with E-state index in [4.69, 9.17) is 17.1 Å². The van der Waals surface area contributed by atoms with Crippen LogP contribution >= 0.6 is 23.6 Å². The Balaban J connectivity index is 2.10. The van der Waals surface area contributed by atoms with E-state index in [2.05, 4.69) is 6.58 Å². The summed E-state index contributed by atoms with van der Waals surface area (Å²) in [6.45, 7) is 5.88. The van der Waals surface area contributed by atoms with Crippen molar-refractivity contribution in [1.82, 2.24) is 4.73 Å². The van der Waals surface area contributed by atoms with Crippen LogP contribution in [0.2, 0.25) is 0 Å². The van der Waals surface area contributed by atoms with Crippen LogP contribution in [-0.2, 0) is 0 Å². The van der Waals surface area contributed by atoms with Crippen molar-refractivity contribution in [3.05, 3.63) is 27.7 Å². The number of aromatic nitrogens is 1. The number of rotatable bonds is 4. The Morgan fingerprint density at radius 2 is 2.35 bits per heavy atom. The zero-order valence-corrected chi connectivity index (χ0v) is 11.9. The van der Waals surface area contributed by atoms with Crippen LogP contribution < -0.4 is 4.84 Å². The molecule has 1 aromatic heterocycles. The van der Waals surface area contributed by atoms with Crippen LogP contribution in [0.15, 0.2) is 18.0 Å². The van der Waals surface area contributed by atoms with Crippen LogP contribution in [0, 0.1) is 16.8 Å². The first kappa shape index (κ1) is 12.8. The Bertz CT molecular complexity index is 435. The van der Waals surface area contributed by atoms with Gasteiger partial charge in [0.2, 0.25) is 0 Å². The van der Waals surface area contributed by atoms with Crippen molar-refractivity contribution in [3.8, 4) is 0 Å². The van der Waals surface area contributed by atoms with Crippen LogP contribution in [0.1, 0.15) is 37.8 Å². The Morgan fingerprint density at radius 3 is 3.00 bits per heavy atom. The fourth-order valence-corrected chi connectivity index (χ4v) is 3.41. The van der Waals surface area contributed by atoms with E-state index in [9.17, 15) is 0 Å². The third-order valence-electron chi connectivity index (χ3n) is 3.37.